The molecule has 21 heavy (non-hydrogen) atoms. The standard InChI is InChI=1S/C16H23N3O2/c1-3-19(4-2)11-12-21-14-7-5-13(6-8-14)15-16(20)18-10-9-17-15/h5-8H,3-4,9-12H2,1-2H3,(H,18,20). The summed E-state index contributed by atoms with van der Waals surface area (Å²) in [7, 11) is 0. The van der Waals surface area contributed by atoms with Crippen LogP contribution in [0.25, 0.3) is 0 Å². The van der Waals surface area contributed by atoms with E-state index in [1.807, 2.05) is 24.3 Å². The number of amides is 1. The maximum atomic E-state index is 11.7. The van der Waals surface area contributed by atoms with Crippen LogP contribution in [0.3, 0.4) is 0 Å². The van der Waals surface area contributed by atoms with Crippen LogP contribution in [0.5, 0.6) is 5.75 Å². The maximum absolute atomic E-state index is 11.7. The Balaban J connectivity index is 1.90. The third-order valence-electron chi connectivity index (χ3n) is 3.58. The third kappa shape index (κ3) is 4.29. The molecule has 0 atom stereocenters. The lowest BCUT2D eigenvalue weighted by molar-refractivity contribution is -0.114. The molecule has 1 aromatic carbocycles. The number of nitrogens with zero attached hydrogens (tertiary/aromatic N) is 2. The van der Waals surface area contributed by atoms with E-state index in [1.54, 1.807) is 0 Å². The van der Waals surface area contributed by atoms with Gasteiger partial charge in [0.25, 0.3) is 5.91 Å². The van der Waals surface area contributed by atoms with Gasteiger partial charge in [-0.15, -0.1) is 0 Å². The second-order valence-electron chi connectivity index (χ2n) is 4.89. The average Bonchev–Trinajstić information content (AvgIpc) is 2.53. The quantitative estimate of drug-likeness (QED) is 0.824. The Hall–Kier alpha value is -1.88. The van der Waals surface area contributed by atoms with Gasteiger partial charge in [-0.1, -0.05) is 13.8 Å². The van der Waals surface area contributed by atoms with E-state index in [1.165, 1.54) is 0 Å². The summed E-state index contributed by atoms with van der Waals surface area (Å²) in [5.41, 5.74) is 1.35. The molecule has 0 bridgehead atoms. The highest BCUT2D eigenvalue weighted by Gasteiger charge is 2.16. The van der Waals surface area contributed by atoms with Gasteiger partial charge >= 0.3 is 0 Å². The summed E-state index contributed by atoms with van der Waals surface area (Å²) in [6, 6.07) is 7.55. The molecule has 0 spiro atoms. The molecule has 1 amide bonds. The number of carbonyl (C=O) groups is 1. The van der Waals surface area contributed by atoms with E-state index >= 15 is 0 Å². The van der Waals surface area contributed by atoms with Crippen molar-refractivity contribution in [2.24, 2.45) is 4.99 Å². The summed E-state index contributed by atoms with van der Waals surface area (Å²) >= 11 is 0. The molecule has 5 heteroatoms. The van der Waals surface area contributed by atoms with Crippen molar-refractivity contribution in [3.05, 3.63) is 29.8 Å². The van der Waals surface area contributed by atoms with Crippen molar-refractivity contribution in [2.75, 3.05) is 39.3 Å². The SMILES string of the molecule is CCN(CC)CCOc1ccc(C2=NCCNC2=O)cc1. The van der Waals surface area contributed by atoms with Crippen LogP contribution in [0.4, 0.5) is 0 Å². The molecule has 0 saturated carbocycles. The van der Waals surface area contributed by atoms with Crippen LogP contribution in [0.15, 0.2) is 29.3 Å². The highest BCUT2D eigenvalue weighted by atomic mass is 16.5. The Labute approximate surface area is 126 Å². The van der Waals surface area contributed by atoms with Crippen molar-refractivity contribution < 1.29 is 9.53 Å². The Bertz CT molecular complexity index is 493. The van der Waals surface area contributed by atoms with Crippen LogP contribution in [0.2, 0.25) is 0 Å². The molecule has 1 aliphatic heterocycles. The van der Waals surface area contributed by atoms with E-state index in [2.05, 4.69) is 29.1 Å². The average molecular weight is 289 g/mol. The van der Waals surface area contributed by atoms with Crippen molar-refractivity contribution in [3.8, 4) is 5.75 Å². The second kappa shape index (κ2) is 7.78. The lowest BCUT2D eigenvalue weighted by Crippen LogP contribution is -2.37. The van der Waals surface area contributed by atoms with Gasteiger partial charge in [-0.3, -0.25) is 9.79 Å². The van der Waals surface area contributed by atoms with Crippen LogP contribution in [0, 0.1) is 0 Å². The van der Waals surface area contributed by atoms with Gasteiger partial charge in [0.15, 0.2) is 0 Å². The van der Waals surface area contributed by atoms with Crippen molar-refractivity contribution in [1.82, 2.24) is 10.2 Å². The topological polar surface area (TPSA) is 53.9 Å². The normalized spacial score (nSPS) is 14.8. The molecule has 1 heterocycles. The first-order valence-electron chi connectivity index (χ1n) is 7.52. The molecular weight excluding hydrogens is 266 g/mol. The Kier molecular flexibility index (Phi) is 5.75. The van der Waals surface area contributed by atoms with Gasteiger partial charge in [0.05, 0.1) is 6.54 Å². The minimum absolute atomic E-state index is 0.101. The minimum Gasteiger partial charge on any atom is -0.492 e. The number of nitrogens with one attached hydrogen (secondary N) is 1. The fourth-order valence-electron chi connectivity index (χ4n) is 2.26. The molecule has 2 rings (SSSR count). The summed E-state index contributed by atoms with van der Waals surface area (Å²) in [5.74, 6) is 0.721. The third-order valence-corrected chi connectivity index (χ3v) is 3.58. The summed E-state index contributed by atoms with van der Waals surface area (Å²) in [5, 5.41) is 2.80. The molecule has 0 fully saturated rings. The number of benzene rings is 1. The van der Waals surface area contributed by atoms with Gasteiger partial charge in [-0.25, -0.2) is 0 Å². The number of hydrogen-bond donors (Lipinski definition) is 1. The van der Waals surface area contributed by atoms with E-state index in [4.69, 9.17) is 4.74 Å². The highest BCUT2D eigenvalue weighted by Crippen LogP contribution is 2.14. The van der Waals surface area contributed by atoms with Crippen molar-refractivity contribution in [1.29, 1.82) is 0 Å². The number of aliphatic imine (C=N–C) groups is 1. The summed E-state index contributed by atoms with van der Waals surface area (Å²) in [6.45, 7) is 9.22. The highest BCUT2D eigenvalue weighted by molar-refractivity contribution is 6.45. The molecule has 1 aliphatic rings. The number of hydrogen-bond acceptors (Lipinski definition) is 4. The minimum atomic E-state index is -0.101. The first-order valence-corrected chi connectivity index (χ1v) is 7.52. The lowest BCUT2D eigenvalue weighted by Gasteiger charge is -2.18. The van der Waals surface area contributed by atoms with Gasteiger partial charge in [0, 0.05) is 18.7 Å². The van der Waals surface area contributed by atoms with Crippen molar-refractivity contribution in [3.63, 3.8) is 0 Å². The molecule has 5 nitrogen and oxygen atoms in total. The largest absolute Gasteiger partial charge is 0.492 e. The lowest BCUT2D eigenvalue weighted by atomic mass is 10.1. The Morgan fingerprint density at radius 1 is 1.24 bits per heavy atom. The summed E-state index contributed by atoms with van der Waals surface area (Å²) in [4.78, 5) is 18.3. The fourth-order valence-corrected chi connectivity index (χ4v) is 2.26. The van der Waals surface area contributed by atoms with Crippen LogP contribution >= 0.6 is 0 Å². The zero-order chi connectivity index (χ0) is 15.1. The van der Waals surface area contributed by atoms with Crippen LogP contribution in [-0.2, 0) is 4.79 Å². The number of likely N-dealkylation sites (N-methyl/N-ethyl adjacent to an activating group) is 1. The predicted molar refractivity (Wildman–Crippen MR) is 84.1 cm³/mol. The first kappa shape index (κ1) is 15.5. The molecule has 0 unspecified atom stereocenters. The van der Waals surface area contributed by atoms with Gasteiger partial charge in [0.2, 0.25) is 0 Å². The summed E-state index contributed by atoms with van der Waals surface area (Å²) in [6.07, 6.45) is 0. The van der Waals surface area contributed by atoms with E-state index < -0.39 is 0 Å². The second-order valence-corrected chi connectivity index (χ2v) is 4.89. The first-order chi connectivity index (χ1) is 10.2. The van der Waals surface area contributed by atoms with E-state index in [-0.39, 0.29) is 5.91 Å². The van der Waals surface area contributed by atoms with Crippen molar-refractivity contribution in [2.45, 2.75) is 13.8 Å². The van der Waals surface area contributed by atoms with Crippen LogP contribution in [-0.4, -0.2) is 55.8 Å². The maximum Gasteiger partial charge on any atom is 0.270 e. The predicted octanol–water partition coefficient (Wildman–Crippen LogP) is 1.33. The van der Waals surface area contributed by atoms with Gasteiger partial charge in [0.1, 0.15) is 18.1 Å². The number of rotatable bonds is 7. The van der Waals surface area contributed by atoms with Gasteiger partial charge in [-0.2, -0.15) is 0 Å². The van der Waals surface area contributed by atoms with E-state index in [0.29, 0.717) is 25.4 Å². The number of carbonyl (C=O) groups excluding carboxylic acids is 1. The number of ether oxygens (including phenoxy) is 1. The fraction of sp³-hybridized carbons (Fsp3) is 0.500. The van der Waals surface area contributed by atoms with Crippen molar-refractivity contribution >= 4 is 11.6 Å². The molecule has 1 N–H and O–H groups in total. The monoisotopic (exact) mass is 289 g/mol. The van der Waals surface area contributed by atoms with Crippen LogP contribution < -0.4 is 10.1 Å². The molecule has 0 radical (unpaired) electrons. The molecule has 1 aromatic rings. The Morgan fingerprint density at radius 3 is 2.57 bits per heavy atom. The molecule has 114 valence electrons. The molecule has 0 aromatic heterocycles. The molecular formula is C16H23N3O2. The summed E-state index contributed by atoms with van der Waals surface area (Å²) < 4.78 is 5.73. The zero-order valence-electron chi connectivity index (χ0n) is 12.8. The molecule has 0 saturated heterocycles. The van der Waals surface area contributed by atoms with Crippen LogP contribution in [0.1, 0.15) is 19.4 Å². The van der Waals surface area contributed by atoms with E-state index in [9.17, 15) is 4.79 Å². The van der Waals surface area contributed by atoms with Gasteiger partial charge < -0.3 is 15.0 Å². The van der Waals surface area contributed by atoms with Gasteiger partial charge in [-0.05, 0) is 37.4 Å². The zero-order valence-corrected chi connectivity index (χ0v) is 12.8. The smallest absolute Gasteiger partial charge is 0.270 e. The molecule has 0 aliphatic carbocycles. The Morgan fingerprint density at radius 2 is 1.95 bits per heavy atom. The van der Waals surface area contributed by atoms with E-state index in [0.717, 1.165) is 30.9 Å².